The van der Waals surface area contributed by atoms with E-state index in [4.69, 9.17) is 0 Å². The van der Waals surface area contributed by atoms with E-state index in [0.717, 1.165) is 11.4 Å². The molecule has 7 nitrogen and oxygen atoms in total. The lowest BCUT2D eigenvalue weighted by molar-refractivity contribution is 0.102. The van der Waals surface area contributed by atoms with Gasteiger partial charge < -0.3 is 5.32 Å². The average molecular weight is 396 g/mol. The number of hydrogen-bond acceptors (Lipinski definition) is 4. The molecule has 0 fully saturated rings. The van der Waals surface area contributed by atoms with Gasteiger partial charge in [0.15, 0.2) is 5.65 Å². The minimum atomic E-state index is -0.257. The number of carbonyl (C=O) groups is 1. The molecule has 5 aromatic rings. The van der Waals surface area contributed by atoms with Crippen LogP contribution in [-0.4, -0.2) is 30.3 Å². The summed E-state index contributed by atoms with van der Waals surface area (Å²) in [6.45, 7) is 4.46. The maximum absolute atomic E-state index is 12.8. The van der Waals surface area contributed by atoms with Gasteiger partial charge in [0.05, 0.1) is 24.6 Å². The number of hydrogen-bond donors (Lipinski definition) is 1. The Kier molecular flexibility index (Phi) is 4.28. The molecule has 0 saturated heterocycles. The Balaban J connectivity index is 1.38. The number of carbonyl (C=O) groups excluding carboxylic acids is 1. The fourth-order valence-electron chi connectivity index (χ4n) is 3.75. The fourth-order valence-corrected chi connectivity index (χ4v) is 3.75. The van der Waals surface area contributed by atoms with Crippen molar-refractivity contribution in [2.45, 2.75) is 20.4 Å². The third-order valence-electron chi connectivity index (χ3n) is 5.13. The summed E-state index contributed by atoms with van der Waals surface area (Å²) in [5.74, 6) is -0.257. The summed E-state index contributed by atoms with van der Waals surface area (Å²) in [5.41, 5.74) is 4.56. The smallest absolute Gasteiger partial charge is 0.261 e. The predicted molar refractivity (Wildman–Crippen MR) is 116 cm³/mol. The van der Waals surface area contributed by atoms with Crippen LogP contribution in [0.15, 0.2) is 67.1 Å². The third-order valence-corrected chi connectivity index (χ3v) is 5.13. The lowest BCUT2D eigenvalue weighted by Crippen LogP contribution is -2.12. The van der Waals surface area contributed by atoms with Crippen molar-refractivity contribution in [3.8, 4) is 0 Å². The summed E-state index contributed by atoms with van der Waals surface area (Å²) in [5, 5.41) is 14.0. The quantitative estimate of drug-likeness (QED) is 0.498. The molecule has 148 valence electrons. The van der Waals surface area contributed by atoms with Gasteiger partial charge in [0.1, 0.15) is 5.56 Å². The highest BCUT2D eigenvalue weighted by Crippen LogP contribution is 2.20. The molecule has 1 amide bonds. The van der Waals surface area contributed by atoms with Gasteiger partial charge in [-0.1, -0.05) is 42.5 Å². The van der Waals surface area contributed by atoms with Crippen molar-refractivity contribution in [2.24, 2.45) is 0 Å². The number of fused-ring (bicyclic) bond motifs is 2. The van der Waals surface area contributed by atoms with Gasteiger partial charge in [0, 0.05) is 17.6 Å². The maximum atomic E-state index is 12.8. The number of nitrogens with one attached hydrogen (secondary N) is 1. The Morgan fingerprint density at radius 3 is 2.77 bits per heavy atom. The highest BCUT2D eigenvalue weighted by atomic mass is 16.1. The second-order valence-electron chi connectivity index (χ2n) is 7.35. The van der Waals surface area contributed by atoms with Crippen LogP contribution in [0.3, 0.4) is 0 Å². The number of rotatable bonds is 4. The maximum Gasteiger partial charge on any atom is 0.261 e. The number of aryl methyl sites for hydroxylation is 2. The number of anilines is 1. The van der Waals surface area contributed by atoms with Crippen molar-refractivity contribution >= 4 is 28.0 Å². The van der Waals surface area contributed by atoms with E-state index in [9.17, 15) is 4.79 Å². The van der Waals surface area contributed by atoms with Crippen molar-refractivity contribution in [2.75, 3.05) is 5.32 Å². The van der Waals surface area contributed by atoms with Gasteiger partial charge in [-0.2, -0.15) is 10.2 Å². The summed E-state index contributed by atoms with van der Waals surface area (Å²) >= 11 is 0. The van der Waals surface area contributed by atoms with Gasteiger partial charge in [-0.15, -0.1) is 0 Å². The lowest BCUT2D eigenvalue weighted by atomic mass is 10.0. The third kappa shape index (κ3) is 3.20. The second-order valence-corrected chi connectivity index (χ2v) is 7.35. The Hall–Kier alpha value is -4.00. The van der Waals surface area contributed by atoms with E-state index in [1.807, 2.05) is 49.0 Å². The Labute approximate surface area is 173 Å². The highest BCUT2D eigenvalue weighted by Gasteiger charge is 2.16. The molecule has 1 N–H and O–H groups in total. The molecule has 7 heteroatoms. The fraction of sp³-hybridized carbons (Fsp3) is 0.130. The molecule has 0 aliphatic rings. The zero-order valence-corrected chi connectivity index (χ0v) is 16.7. The van der Waals surface area contributed by atoms with E-state index in [1.165, 1.54) is 16.3 Å². The molecular weight excluding hydrogens is 376 g/mol. The number of amides is 1. The van der Waals surface area contributed by atoms with Crippen molar-refractivity contribution in [1.82, 2.24) is 24.4 Å². The van der Waals surface area contributed by atoms with E-state index in [0.29, 0.717) is 23.4 Å². The van der Waals surface area contributed by atoms with Gasteiger partial charge in [-0.3, -0.25) is 9.48 Å². The first kappa shape index (κ1) is 18.1. The normalized spacial score (nSPS) is 11.3. The Bertz CT molecular complexity index is 1390. The summed E-state index contributed by atoms with van der Waals surface area (Å²) in [6, 6.07) is 16.4. The predicted octanol–water partition coefficient (Wildman–Crippen LogP) is 4.00. The zero-order valence-electron chi connectivity index (χ0n) is 16.7. The highest BCUT2D eigenvalue weighted by molar-refractivity contribution is 6.08. The molecule has 5 rings (SSSR count). The molecule has 2 aromatic carbocycles. The van der Waals surface area contributed by atoms with Crippen LogP contribution < -0.4 is 5.32 Å². The SMILES string of the molecule is Cc1cc(C)n2ncc(C(=O)Nc3cnn(Cc4cccc5ccccc45)c3)c2n1. The number of nitrogens with zero attached hydrogens (tertiary/aromatic N) is 5. The molecule has 0 saturated carbocycles. The molecule has 3 heterocycles. The van der Waals surface area contributed by atoms with Gasteiger partial charge in [0.25, 0.3) is 5.91 Å². The largest absolute Gasteiger partial charge is 0.319 e. The molecule has 0 radical (unpaired) electrons. The monoisotopic (exact) mass is 396 g/mol. The Morgan fingerprint density at radius 2 is 1.87 bits per heavy atom. The summed E-state index contributed by atoms with van der Waals surface area (Å²) in [4.78, 5) is 17.3. The minimum Gasteiger partial charge on any atom is -0.319 e. The van der Waals surface area contributed by atoms with Crippen LogP contribution in [0.25, 0.3) is 16.4 Å². The van der Waals surface area contributed by atoms with Crippen LogP contribution in [0.4, 0.5) is 5.69 Å². The van der Waals surface area contributed by atoms with E-state index in [1.54, 1.807) is 16.9 Å². The van der Waals surface area contributed by atoms with Crippen LogP contribution in [0, 0.1) is 13.8 Å². The van der Waals surface area contributed by atoms with Gasteiger partial charge >= 0.3 is 0 Å². The summed E-state index contributed by atoms with van der Waals surface area (Å²) < 4.78 is 3.49. The molecule has 0 bridgehead atoms. The molecule has 30 heavy (non-hydrogen) atoms. The molecule has 0 aliphatic heterocycles. The van der Waals surface area contributed by atoms with Crippen molar-refractivity contribution in [3.63, 3.8) is 0 Å². The van der Waals surface area contributed by atoms with Crippen molar-refractivity contribution in [1.29, 1.82) is 0 Å². The van der Waals surface area contributed by atoms with Crippen molar-refractivity contribution < 1.29 is 4.79 Å². The second kappa shape index (κ2) is 7.11. The van der Waals surface area contributed by atoms with E-state index in [2.05, 4.69) is 44.8 Å². The van der Waals surface area contributed by atoms with Gasteiger partial charge in [0.2, 0.25) is 0 Å². The molecule has 0 unspecified atom stereocenters. The first-order valence-electron chi connectivity index (χ1n) is 9.71. The number of aromatic nitrogens is 5. The van der Waals surface area contributed by atoms with Crippen LogP contribution in [0.5, 0.6) is 0 Å². The van der Waals surface area contributed by atoms with E-state index < -0.39 is 0 Å². The Morgan fingerprint density at radius 1 is 1.03 bits per heavy atom. The summed E-state index contributed by atoms with van der Waals surface area (Å²) in [6.07, 6.45) is 5.03. The van der Waals surface area contributed by atoms with E-state index >= 15 is 0 Å². The van der Waals surface area contributed by atoms with Crippen LogP contribution in [-0.2, 0) is 6.54 Å². The van der Waals surface area contributed by atoms with E-state index in [-0.39, 0.29) is 5.91 Å². The zero-order chi connectivity index (χ0) is 20.7. The molecule has 0 aliphatic carbocycles. The summed E-state index contributed by atoms with van der Waals surface area (Å²) in [7, 11) is 0. The topological polar surface area (TPSA) is 77.1 Å². The van der Waals surface area contributed by atoms with Crippen LogP contribution >= 0.6 is 0 Å². The minimum absolute atomic E-state index is 0.257. The lowest BCUT2D eigenvalue weighted by Gasteiger charge is -2.06. The molecular formula is C23H20N6O. The van der Waals surface area contributed by atoms with Crippen molar-refractivity contribution in [3.05, 3.63) is 89.6 Å². The standard InChI is InChI=1S/C23H20N6O/c1-15-10-16(2)29-22(26-15)21(12-25-29)23(30)27-19-11-24-28(14-19)13-18-8-5-7-17-6-3-4-9-20(17)18/h3-12,14H,13H2,1-2H3,(H,27,30). The van der Waals surface area contributed by atoms with Gasteiger partial charge in [-0.25, -0.2) is 9.50 Å². The first-order valence-corrected chi connectivity index (χ1v) is 9.71. The van der Waals surface area contributed by atoms with Crippen LogP contribution in [0.1, 0.15) is 27.3 Å². The molecule has 0 spiro atoms. The van der Waals surface area contributed by atoms with Gasteiger partial charge in [-0.05, 0) is 36.2 Å². The first-order chi connectivity index (χ1) is 14.6. The molecule has 3 aromatic heterocycles. The molecule has 0 atom stereocenters. The average Bonchev–Trinajstić information content (AvgIpc) is 3.35. The number of benzene rings is 2. The van der Waals surface area contributed by atoms with Crippen LogP contribution in [0.2, 0.25) is 0 Å².